The molecule has 0 aliphatic rings. The van der Waals surface area contributed by atoms with Crippen molar-refractivity contribution in [3.8, 4) is 11.2 Å². The highest BCUT2D eigenvalue weighted by Crippen LogP contribution is 2.20. The predicted octanol–water partition coefficient (Wildman–Crippen LogP) is 1.82. The van der Waals surface area contributed by atoms with Gasteiger partial charge in [0.2, 0.25) is 5.82 Å². The van der Waals surface area contributed by atoms with Crippen LogP contribution in [0, 0.1) is 25.2 Å². The van der Waals surface area contributed by atoms with Crippen molar-refractivity contribution < 1.29 is 0 Å². The fraction of sp³-hybridized carbons (Fsp3) is 0.222. The molecule has 2 heterocycles. The van der Waals surface area contributed by atoms with Crippen LogP contribution in [0.4, 0.5) is 0 Å². The van der Waals surface area contributed by atoms with E-state index >= 15 is 0 Å². The lowest BCUT2D eigenvalue weighted by molar-refractivity contribution is 0.988. The number of hydrogen-bond acceptors (Lipinski definition) is 4. The first-order valence-electron chi connectivity index (χ1n) is 4.10. The highest BCUT2D eigenvalue weighted by molar-refractivity contribution is 7.14. The molecule has 0 aromatic carbocycles. The van der Waals surface area contributed by atoms with E-state index in [0.29, 0.717) is 5.82 Å². The molecule has 0 radical (unpaired) electrons. The smallest absolute Gasteiger partial charge is 0.219 e. The lowest BCUT2D eigenvalue weighted by atomic mass is 10.4. The Morgan fingerprint density at radius 2 is 2.29 bits per heavy atom. The van der Waals surface area contributed by atoms with Crippen LogP contribution in [0.2, 0.25) is 0 Å². The monoisotopic (exact) mass is 204 g/mol. The summed E-state index contributed by atoms with van der Waals surface area (Å²) in [6, 6.07) is 2.02. The third-order valence-electron chi connectivity index (χ3n) is 1.96. The van der Waals surface area contributed by atoms with Crippen molar-refractivity contribution in [1.82, 2.24) is 14.5 Å². The van der Waals surface area contributed by atoms with E-state index < -0.39 is 0 Å². The van der Waals surface area contributed by atoms with Gasteiger partial charge in [0.05, 0.1) is 5.69 Å². The summed E-state index contributed by atoms with van der Waals surface area (Å²) in [6.45, 7) is 3.97. The minimum atomic E-state index is 0.374. The Morgan fingerprint density at radius 3 is 2.86 bits per heavy atom. The highest BCUT2D eigenvalue weighted by atomic mass is 32.1. The van der Waals surface area contributed by atoms with Gasteiger partial charge in [-0.15, -0.1) is 11.3 Å². The van der Waals surface area contributed by atoms with Crippen LogP contribution in [-0.4, -0.2) is 14.5 Å². The molecule has 0 spiro atoms. The van der Waals surface area contributed by atoms with Gasteiger partial charge in [-0.1, -0.05) is 0 Å². The van der Waals surface area contributed by atoms with Gasteiger partial charge in [0.1, 0.15) is 6.07 Å². The molecular weight excluding hydrogens is 196 g/mol. The van der Waals surface area contributed by atoms with Crippen LogP contribution in [-0.2, 0) is 0 Å². The maximum Gasteiger partial charge on any atom is 0.219 e. The summed E-state index contributed by atoms with van der Waals surface area (Å²) in [7, 11) is 0. The predicted molar refractivity (Wildman–Crippen MR) is 53.4 cm³/mol. The molecule has 5 heteroatoms. The molecular formula is C9H8N4S. The Hall–Kier alpha value is -1.67. The average molecular weight is 204 g/mol. The Morgan fingerprint density at radius 1 is 1.50 bits per heavy atom. The molecule has 0 amide bonds. The molecule has 0 fully saturated rings. The zero-order chi connectivity index (χ0) is 10.1. The normalized spacial score (nSPS) is 10.1. The molecule has 0 N–H and O–H groups in total. The van der Waals surface area contributed by atoms with Gasteiger partial charge in [-0.2, -0.15) is 5.26 Å². The van der Waals surface area contributed by atoms with Crippen LogP contribution in [0.25, 0.3) is 5.13 Å². The van der Waals surface area contributed by atoms with Crippen LogP contribution >= 0.6 is 11.3 Å². The number of rotatable bonds is 1. The van der Waals surface area contributed by atoms with Crippen molar-refractivity contribution in [3.05, 3.63) is 28.8 Å². The van der Waals surface area contributed by atoms with Crippen molar-refractivity contribution in [1.29, 1.82) is 5.26 Å². The summed E-state index contributed by atoms with van der Waals surface area (Å²) in [5, 5.41) is 9.59. The van der Waals surface area contributed by atoms with Crippen molar-refractivity contribution in [2.75, 3.05) is 0 Å². The number of nitriles is 1. The summed E-state index contributed by atoms with van der Waals surface area (Å²) in [6.07, 6.45) is 3.35. The molecule has 0 saturated heterocycles. The zero-order valence-corrected chi connectivity index (χ0v) is 8.67. The molecule has 2 aromatic rings. The van der Waals surface area contributed by atoms with Crippen molar-refractivity contribution in [3.63, 3.8) is 0 Å². The summed E-state index contributed by atoms with van der Waals surface area (Å²) in [4.78, 5) is 9.43. The zero-order valence-electron chi connectivity index (χ0n) is 7.85. The molecule has 14 heavy (non-hydrogen) atoms. The number of aromatic nitrogens is 3. The Kier molecular flexibility index (Phi) is 2.06. The van der Waals surface area contributed by atoms with E-state index in [0.717, 1.165) is 15.7 Å². The molecule has 2 rings (SSSR count). The minimum Gasteiger partial charge on any atom is -0.267 e. The molecule has 0 aliphatic carbocycles. The molecule has 0 unspecified atom stereocenters. The molecule has 0 bridgehead atoms. The van der Waals surface area contributed by atoms with E-state index in [4.69, 9.17) is 5.26 Å². The minimum absolute atomic E-state index is 0.374. The third-order valence-corrected chi connectivity index (χ3v) is 3.04. The second kappa shape index (κ2) is 3.24. The van der Waals surface area contributed by atoms with Gasteiger partial charge in [-0.25, -0.2) is 9.97 Å². The van der Waals surface area contributed by atoms with Crippen LogP contribution in [0.3, 0.4) is 0 Å². The Bertz CT molecular complexity index is 484. The quantitative estimate of drug-likeness (QED) is 0.712. The standard InChI is InChI=1S/C9H8N4S/c1-6-7(2)14-9(12-6)13-4-3-11-8(13)5-10/h3-4H,1-2H3. The average Bonchev–Trinajstić information content (AvgIpc) is 2.73. The van der Waals surface area contributed by atoms with E-state index in [1.54, 1.807) is 28.3 Å². The number of imidazole rings is 1. The summed E-state index contributed by atoms with van der Waals surface area (Å²) in [5.41, 5.74) is 1.00. The van der Waals surface area contributed by atoms with Crippen molar-refractivity contribution in [2.45, 2.75) is 13.8 Å². The van der Waals surface area contributed by atoms with Gasteiger partial charge in [-0.3, -0.25) is 4.57 Å². The lowest BCUT2D eigenvalue weighted by Crippen LogP contribution is -1.95. The number of thiazole rings is 1. The second-order valence-electron chi connectivity index (χ2n) is 2.87. The molecule has 0 atom stereocenters. The second-order valence-corrected chi connectivity index (χ2v) is 4.05. The maximum atomic E-state index is 8.79. The molecule has 0 saturated carbocycles. The summed E-state index contributed by atoms with van der Waals surface area (Å²) < 4.78 is 1.70. The van der Waals surface area contributed by atoms with Gasteiger partial charge in [0.15, 0.2) is 5.13 Å². The van der Waals surface area contributed by atoms with Crippen LogP contribution in [0.5, 0.6) is 0 Å². The van der Waals surface area contributed by atoms with E-state index in [2.05, 4.69) is 9.97 Å². The van der Waals surface area contributed by atoms with Crippen LogP contribution in [0.15, 0.2) is 12.4 Å². The van der Waals surface area contributed by atoms with E-state index in [-0.39, 0.29) is 0 Å². The highest BCUT2D eigenvalue weighted by Gasteiger charge is 2.09. The summed E-state index contributed by atoms with van der Waals surface area (Å²) >= 11 is 1.56. The number of aryl methyl sites for hydroxylation is 2. The van der Waals surface area contributed by atoms with E-state index in [1.165, 1.54) is 0 Å². The van der Waals surface area contributed by atoms with Gasteiger partial charge in [-0.05, 0) is 13.8 Å². The third kappa shape index (κ3) is 1.30. The molecule has 4 nitrogen and oxygen atoms in total. The first-order chi connectivity index (χ1) is 6.72. The first-order valence-corrected chi connectivity index (χ1v) is 4.92. The topological polar surface area (TPSA) is 54.5 Å². The van der Waals surface area contributed by atoms with E-state index in [1.807, 2.05) is 19.9 Å². The fourth-order valence-corrected chi connectivity index (χ4v) is 1.99. The molecule has 0 aliphatic heterocycles. The Labute approximate surface area is 85.5 Å². The van der Waals surface area contributed by atoms with Crippen LogP contribution in [0.1, 0.15) is 16.4 Å². The summed E-state index contributed by atoms with van der Waals surface area (Å²) in [5.74, 6) is 0.374. The SMILES string of the molecule is Cc1nc(-n2ccnc2C#N)sc1C. The van der Waals surface area contributed by atoms with Crippen LogP contribution < -0.4 is 0 Å². The first kappa shape index (κ1) is 8.91. The number of hydrogen-bond donors (Lipinski definition) is 0. The Balaban J connectivity index is 2.55. The van der Waals surface area contributed by atoms with Crippen molar-refractivity contribution >= 4 is 11.3 Å². The maximum absolute atomic E-state index is 8.79. The fourth-order valence-electron chi connectivity index (χ4n) is 1.10. The van der Waals surface area contributed by atoms with Gasteiger partial charge >= 0.3 is 0 Å². The lowest BCUT2D eigenvalue weighted by Gasteiger charge is -1.94. The van der Waals surface area contributed by atoms with Gasteiger partial charge in [0.25, 0.3) is 0 Å². The van der Waals surface area contributed by atoms with Gasteiger partial charge in [0, 0.05) is 17.3 Å². The van der Waals surface area contributed by atoms with E-state index in [9.17, 15) is 0 Å². The number of nitrogens with zero attached hydrogens (tertiary/aromatic N) is 4. The molecule has 2 aromatic heterocycles. The van der Waals surface area contributed by atoms with Crippen molar-refractivity contribution in [2.24, 2.45) is 0 Å². The van der Waals surface area contributed by atoms with Gasteiger partial charge < -0.3 is 0 Å². The molecule has 70 valence electrons. The largest absolute Gasteiger partial charge is 0.267 e.